The molecule has 164 valence electrons. The summed E-state index contributed by atoms with van der Waals surface area (Å²) in [7, 11) is 0. The summed E-state index contributed by atoms with van der Waals surface area (Å²) in [6, 6.07) is 14.1. The number of hydrogen-bond acceptors (Lipinski definition) is 4. The fraction of sp³-hybridized carbons (Fsp3) is 0.375. The van der Waals surface area contributed by atoms with Crippen LogP contribution in [0.5, 0.6) is 5.75 Å². The molecule has 0 aliphatic carbocycles. The lowest BCUT2D eigenvalue weighted by atomic mass is 10.1. The van der Waals surface area contributed by atoms with E-state index in [-0.39, 0.29) is 16.9 Å². The normalized spacial score (nSPS) is 13.2. The van der Waals surface area contributed by atoms with Crippen molar-refractivity contribution in [3.8, 4) is 5.75 Å². The molecule has 1 saturated heterocycles. The summed E-state index contributed by atoms with van der Waals surface area (Å²) >= 11 is 5.25. The van der Waals surface area contributed by atoms with Crippen molar-refractivity contribution in [1.29, 1.82) is 0 Å². The van der Waals surface area contributed by atoms with Crippen LogP contribution in [0.15, 0.2) is 48.5 Å². The zero-order valence-electron chi connectivity index (χ0n) is 18.0. The van der Waals surface area contributed by atoms with Crippen molar-refractivity contribution in [2.24, 2.45) is 5.92 Å². The molecule has 7 heteroatoms. The first-order valence-electron chi connectivity index (χ1n) is 10.7. The lowest BCUT2D eigenvalue weighted by molar-refractivity contribution is 0.0792. The van der Waals surface area contributed by atoms with Gasteiger partial charge in [0.1, 0.15) is 5.75 Å². The quantitative estimate of drug-likeness (QED) is 0.623. The van der Waals surface area contributed by atoms with Crippen LogP contribution in [0.4, 0.5) is 5.69 Å². The van der Waals surface area contributed by atoms with Crippen molar-refractivity contribution < 1.29 is 14.3 Å². The fourth-order valence-electron chi connectivity index (χ4n) is 3.25. The molecule has 0 radical (unpaired) electrons. The summed E-state index contributed by atoms with van der Waals surface area (Å²) in [6.07, 6.45) is 3.11. The monoisotopic (exact) mass is 439 g/mol. The van der Waals surface area contributed by atoms with Crippen molar-refractivity contribution in [3.05, 3.63) is 59.7 Å². The lowest BCUT2D eigenvalue weighted by Gasteiger charge is -2.15. The van der Waals surface area contributed by atoms with E-state index in [1.807, 2.05) is 4.90 Å². The van der Waals surface area contributed by atoms with Gasteiger partial charge in [0.05, 0.1) is 6.61 Å². The van der Waals surface area contributed by atoms with Crippen molar-refractivity contribution in [3.63, 3.8) is 0 Å². The highest BCUT2D eigenvalue weighted by atomic mass is 32.1. The summed E-state index contributed by atoms with van der Waals surface area (Å²) in [5, 5.41) is 5.84. The predicted octanol–water partition coefficient (Wildman–Crippen LogP) is 4.47. The molecular weight excluding hydrogens is 410 g/mol. The number of hydrogen-bond donors (Lipinski definition) is 2. The molecule has 2 amide bonds. The van der Waals surface area contributed by atoms with E-state index < -0.39 is 0 Å². The van der Waals surface area contributed by atoms with E-state index in [2.05, 4.69) is 24.5 Å². The maximum Gasteiger partial charge on any atom is 0.257 e. The number of nitrogens with zero attached hydrogens (tertiary/aromatic N) is 1. The summed E-state index contributed by atoms with van der Waals surface area (Å²) in [5.74, 6) is 1.07. The molecule has 6 nitrogen and oxygen atoms in total. The van der Waals surface area contributed by atoms with E-state index in [1.165, 1.54) is 0 Å². The maximum atomic E-state index is 12.4. The number of ether oxygens (including phenoxy) is 1. The zero-order chi connectivity index (χ0) is 22.2. The first-order chi connectivity index (χ1) is 14.9. The Kier molecular flexibility index (Phi) is 8.00. The highest BCUT2D eigenvalue weighted by molar-refractivity contribution is 7.80. The Balaban J connectivity index is 1.48. The Morgan fingerprint density at radius 1 is 1.00 bits per heavy atom. The second-order valence-electron chi connectivity index (χ2n) is 8.04. The number of thiocarbonyl (C=S) groups is 1. The van der Waals surface area contributed by atoms with E-state index in [1.54, 1.807) is 48.5 Å². The minimum absolute atomic E-state index is 0.0524. The number of amides is 2. The largest absolute Gasteiger partial charge is 0.494 e. The number of anilines is 1. The van der Waals surface area contributed by atoms with Crippen LogP contribution in [0.25, 0.3) is 0 Å². The van der Waals surface area contributed by atoms with Gasteiger partial charge in [-0.25, -0.2) is 0 Å². The van der Waals surface area contributed by atoms with Crippen molar-refractivity contribution >= 4 is 34.8 Å². The fourth-order valence-corrected chi connectivity index (χ4v) is 3.46. The van der Waals surface area contributed by atoms with Gasteiger partial charge in [0.25, 0.3) is 11.8 Å². The molecule has 1 heterocycles. The van der Waals surface area contributed by atoms with Gasteiger partial charge < -0.3 is 15.0 Å². The average molecular weight is 440 g/mol. The molecule has 3 rings (SSSR count). The van der Waals surface area contributed by atoms with Crippen molar-refractivity contribution in [2.45, 2.75) is 33.1 Å². The van der Waals surface area contributed by atoms with E-state index in [4.69, 9.17) is 17.0 Å². The predicted molar refractivity (Wildman–Crippen MR) is 127 cm³/mol. The third kappa shape index (κ3) is 6.79. The van der Waals surface area contributed by atoms with Crippen LogP contribution in [-0.4, -0.2) is 41.5 Å². The van der Waals surface area contributed by atoms with Gasteiger partial charge >= 0.3 is 0 Å². The van der Waals surface area contributed by atoms with E-state index in [9.17, 15) is 9.59 Å². The number of nitrogens with one attached hydrogen (secondary N) is 2. The highest BCUT2D eigenvalue weighted by Gasteiger charge is 2.19. The number of carbonyl (C=O) groups is 2. The second-order valence-corrected chi connectivity index (χ2v) is 8.45. The third-order valence-electron chi connectivity index (χ3n) is 5.09. The Bertz CT molecular complexity index is 905. The molecule has 2 N–H and O–H groups in total. The minimum atomic E-state index is -0.299. The van der Waals surface area contributed by atoms with E-state index in [0.29, 0.717) is 29.3 Å². The molecule has 0 saturated carbocycles. The molecule has 1 aliphatic rings. The summed E-state index contributed by atoms with van der Waals surface area (Å²) in [4.78, 5) is 26.7. The van der Waals surface area contributed by atoms with Crippen LogP contribution in [0.3, 0.4) is 0 Å². The van der Waals surface area contributed by atoms with Crippen molar-refractivity contribution in [2.75, 3.05) is 25.0 Å². The van der Waals surface area contributed by atoms with Gasteiger partial charge in [-0.3, -0.25) is 14.9 Å². The highest BCUT2D eigenvalue weighted by Crippen LogP contribution is 2.16. The van der Waals surface area contributed by atoms with Crippen LogP contribution < -0.4 is 15.4 Å². The van der Waals surface area contributed by atoms with Gasteiger partial charge in [-0.1, -0.05) is 13.8 Å². The topological polar surface area (TPSA) is 70.7 Å². The second kappa shape index (κ2) is 10.9. The van der Waals surface area contributed by atoms with E-state index >= 15 is 0 Å². The SMILES string of the molecule is CC(C)CCOc1ccc(C(=O)NC(=S)Nc2ccc(C(=O)N3CCCC3)cc2)cc1. The molecule has 2 aromatic carbocycles. The smallest absolute Gasteiger partial charge is 0.257 e. The van der Waals surface area contributed by atoms with Gasteiger partial charge in [0, 0.05) is 29.9 Å². The van der Waals surface area contributed by atoms with Gasteiger partial charge in [0.15, 0.2) is 5.11 Å². The molecule has 1 fully saturated rings. The molecule has 0 unspecified atom stereocenters. The van der Waals surface area contributed by atoms with Crippen molar-refractivity contribution in [1.82, 2.24) is 10.2 Å². The number of likely N-dealkylation sites (tertiary alicyclic amines) is 1. The standard InChI is InChI=1S/C24H29N3O3S/c1-17(2)13-16-30-21-11-7-18(8-12-21)22(28)26-24(31)25-20-9-5-19(6-10-20)23(29)27-14-3-4-15-27/h5-12,17H,3-4,13-16H2,1-2H3,(H2,25,26,28,31). The lowest BCUT2D eigenvalue weighted by Crippen LogP contribution is -2.34. The Morgan fingerprint density at radius 2 is 1.61 bits per heavy atom. The number of benzene rings is 2. The molecule has 0 spiro atoms. The van der Waals surface area contributed by atoms with Crippen LogP contribution in [0, 0.1) is 5.92 Å². The molecule has 1 aliphatic heterocycles. The zero-order valence-corrected chi connectivity index (χ0v) is 18.8. The number of rotatable bonds is 7. The molecule has 31 heavy (non-hydrogen) atoms. The van der Waals surface area contributed by atoms with Gasteiger partial charge in [-0.05, 0) is 85.9 Å². The van der Waals surface area contributed by atoms with Crippen LogP contribution in [0.2, 0.25) is 0 Å². The van der Waals surface area contributed by atoms with Crippen LogP contribution >= 0.6 is 12.2 Å². The van der Waals surface area contributed by atoms with E-state index in [0.717, 1.165) is 38.1 Å². The van der Waals surface area contributed by atoms with Gasteiger partial charge in [0.2, 0.25) is 0 Å². The average Bonchev–Trinajstić information content (AvgIpc) is 3.29. The van der Waals surface area contributed by atoms with Crippen LogP contribution in [0.1, 0.15) is 53.8 Å². The third-order valence-corrected chi connectivity index (χ3v) is 5.29. The Morgan fingerprint density at radius 3 is 2.23 bits per heavy atom. The van der Waals surface area contributed by atoms with Gasteiger partial charge in [-0.2, -0.15) is 0 Å². The summed E-state index contributed by atoms with van der Waals surface area (Å²) < 4.78 is 5.67. The molecule has 0 bridgehead atoms. The maximum absolute atomic E-state index is 12.4. The number of carbonyl (C=O) groups excluding carboxylic acids is 2. The molecule has 0 atom stereocenters. The minimum Gasteiger partial charge on any atom is -0.494 e. The summed E-state index contributed by atoms with van der Waals surface area (Å²) in [5.41, 5.74) is 1.85. The molecular formula is C24H29N3O3S. The van der Waals surface area contributed by atoms with Crippen LogP contribution in [-0.2, 0) is 0 Å². The Labute approximate surface area is 189 Å². The molecule has 2 aromatic rings. The Hall–Kier alpha value is -2.93. The molecule has 0 aromatic heterocycles. The first-order valence-corrected chi connectivity index (χ1v) is 11.1. The first kappa shape index (κ1) is 22.7. The summed E-state index contributed by atoms with van der Waals surface area (Å²) in [6.45, 7) is 6.59. The van der Waals surface area contributed by atoms with Gasteiger partial charge in [-0.15, -0.1) is 0 Å².